The van der Waals surface area contributed by atoms with Gasteiger partial charge in [0.2, 0.25) is 0 Å². The summed E-state index contributed by atoms with van der Waals surface area (Å²) in [6.07, 6.45) is 0. The molecule has 0 aliphatic heterocycles. The van der Waals surface area contributed by atoms with Crippen LogP contribution in [0, 0.1) is 0 Å². The zero-order valence-electron chi connectivity index (χ0n) is 14.1. The minimum atomic E-state index is 0.555. The molecule has 0 N–H and O–H groups in total. The first-order chi connectivity index (χ1) is 12.7. The van der Waals surface area contributed by atoms with Crippen molar-refractivity contribution >= 4 is 34.2 Å². The number of halogens is 2. The van der Waals surface area contributed by atoms with Gasteiger partial charge in [-0.05, 0) is 54.1 Å². The fraction of sp³-hybridized carbons (Fsp3) is 0.0952. The summed E-state index contributed by atoms with van der Waals surface area (Å²) in [6.45, 7) is 0.652. The molecule has 130 valence electrons. The van der Waals surface area contributed by atoms with Gasteiger partial charge in [-0.15, -0.1) is 0 Å². The van der Waals surface area contributed by atoms with Gasteiger partial charge in [-0.2, -0.15) is 0 Å². The van der Waals surface area contributed by atoms with Crippen molar-refractivity contribution in [3.8, 4) is 17.1 Å². The Kier molecular flexibility index (Phi) is 4.58. The highest BCUT2D eigenvalue weighted by Gasteiger charge is 2.13. The lowest BCUT2D eigenvalue weighted by Crippen LogP contribution is -2.02. The van der Waals surface area contributed by atoms with Crippen molar-refractivity contribution in [2.75, 3.05) is 7.11 Å². The molecule has 0 aliphatic carbocycles. The average Bonchev–Trinajstić information content (AvgIpc) is 3.03. The van der Waals surface area contributed by atoms with E-state index in [-0.39, 0.29) is 0 Å². The summed E-state index contributed by atoms with van der Waals surface area (Å²) >= 11 is 12.2. The van der Waals surface area contributed by atoms with Crippen molar-refractivity contribution in [3.05, 3.63) is 82.3 Å². The summed E-state index contributed by atoms with van der Waals surface area (Å²) in [5.41, 5.74) is 4.13. The molecule has 0 unspecified atom stereocenters. The number of fused-ring (bicyclic) bond motifs is 1. The van der Waals surface area contributed by atoms with Crippen LogP contribution in [-0.4, -0.2) is 16.7 Å². The first-order valence-corrected chi connectivity index (χ1v) is 8.95. The molecule has 0 aliphatic rings. The number of aromatic nitrogens is 2. The van der Waals surface area contributed by atoms with E-state index < -0.39 is 0 Å². The SMILES string of the molecule is COc1ccc(-c2nc3ccccc3n2Cc2ccc(Cl)c(Cl)c2)cc1. The molecule has 0 saturated heterocycles. The fourth-order valence-electron chi connectivity index (χ4n) is 3.02. The highest BCUT2D eigenvalue weighted by molar-refractivity contribution is 6.42. The Labute approximate surface area is 161 Å². The number of hydrogen-bond acceptors (Lipinski definition) is 2. The smallest absolute Gasteiger partial charge is 0.141 e. The van der Waals surface area contributed by atoms with Crippen molar-refractivity contribution < 1.29 is 4.74 Å². The molecule has 3 nitrogen and oxygen atoms in total. The molecule has 0 bridgehead atoms. The standard InChI is InChI=1S/C21H16Cl2N2O/c1-26-16-9-7-15(8-10-16)21-24-19-4-2-3-5-20(19)25(21)13-14-6-11-17(22)18(23)12-14/h2-12H,13H2,1H3. The topological polar surface area (TPSA) is 27.1 Å². The number of nitrogens with zero attached hydrogens (tertiary/aromatic N) is 2. The summed E-state index contributed by atoms with van der Waals surface area (Å²) in [6, 6.07) is 21.8. The molecule has 0 amide bonds. The molecule has 1 heterocycles. The van der Waals surface area contributed by atoms with Crippen molar-refractivity contribution in [2.45, 2.75) is 6.54 Å². The summed E-state index contributed by atoms with van der Waals surface area (Å²) in [7, 11) is 1.66. The molecule has 0 saturated carbocycles. The monoisotopic (exact) mass is 382 g/mol. The highest BCUT2D eigenvalue weighted by atomic mass is 35.5. The zero-order chi connectivity index (χ0) is 18.1. The summed E-state index contributed by atoms with van der Waals surface area (Å²) < 4.78 is 7.45. The van der Waals surface area contributed by atoms with E-state index in [1.807, 2.05) is 60.7 Å². The van der Waals surface area contributed by atoms with Crippen LogP contribution in [0.2, 0.25) is 10.0 Å². The number of methoxy groups -OCH3 is 1. The molecule has 0 radical (unpaired) electrons. The molecule has 3 aromatic carbocycles. The van der Waals surface area contributed by atoms with Gasteiger partial charge in [-0.1, -0.05) is 41.4 Å². The third kappa shape index (κ3) is 3.16. The largest absolute Gasteiger partial charge is 0.497 e. The van der Waals surface area contributed by atoms with Gasteiger partial charge in [0.15, 0.2) is 0 Å². The molecule has 4 aromatic rings. The Balaban J connectivity index is 1.84. The van der Waals surface area contributed by atoms with Crippen molar-refractivity contribution in [3.63, 3.8) is 0 Å². The first-order valence-electron chi connectivity index (χ1n) is 8.19. The first kappa shape index (κ1) is 17.0. The maximum absolute atomic E-state index is 6.19. The predicted molar refractivity (Wildman–Crippen MR) is 107 cm³/mol. The highest BCUT2D eigenvalue weighted by Crippen LogP contribution is 2.29. The Morgan fingerprint density at radius 2 is 1.69 bits per heavy atom. The van der Waals surface area contributed by atoms with E-state index in [1.165, 1.54) is 0 Å². The quantitative estimate of drug-likeness (QED) is 0.428. The van der Waals surface area contributed by atoms with Gasteiger partial charge >= 0.3 is 0 Å². The van der Waals surface area contributed by atoms with Gasteiger partial charge in [-0.25, -0.2) is 4.98 Å². The Hall–Kier alpha value is -2.49. The van der Waals surface area contributed by atoms with Crippen LogP contribution in [0.15, 0.2) is 66.7 Å². The van der Waals surface area contributed by atoms with E-state index in [0.717, 1.165) is 33.7 Å². The molecule has 0 atom stereocenters. The summed E-state index contributed by atoms with van der Waals surface area (Å²) in [4.78, 5) is 4.84. The van der Waals surface area contributed by atoms with Crippen molar-refractivity contribution in [1.29, 1.82) is 0 Å². The number of ether oxygens (including phenoxy) is 1. The van der Waals surface area contributed by atoms with E-state index in [9.17, 15) is 0 Å². The maximum Gasteiger partial charge on any atom is 0.141 e. The van der Waals surface area contributed by atoms with Crippen LogP contribution in [0.25, 0.3) is 22.4 Å². The Bertz CT molecular complexity index is 1070. The molecule has 4 rings (SSSR count). The second-order valence-electron chi connectivity index (χ2n) is 5.99. The molecular formula is C21H16Cl2N2O. The normalized spacial score (nSPS) is 11.0. The molecule has 0 fully saturated rings. The molecular weight excluding hydrogens is 367 g/mol. The van der Waals surface area contributed by atoms with Crippen LogP contribution < -0.4 is 4.74 Å². The van der Waals surface area contributed by atoms with Crippen LogP contribution in [0.5, 0.6) is 5.75 Å². The van der Waals surface area contributed by atoms with Crippen molar-refractivity contribution in [2.24, 2.45) is 0 Å². The lowest BCUT2D eigenvalue weighted by molar-refractivity contribution is 0.415. The molecule has 5 heteroatoms. The molecule has 26 heavy (non-hydrogen) atoms. The second kappa shape index (κ2) is 7.02. The van der Waals surface area contributed by atoms with Crippen LogP contribution in [-0.2, 0) is 6.54 Å². The molecule has 0 spiro atoms. The van der Waals surface area contributed by atoms with Crippen LogP contribution in [0.1, 0.15) is 5.56 Å². The minimum absolute atomic E-state index is 0.555. The van der Waals surface area contributed by atoms with Crippen molar-refractivity contribution in [1.82, 2.24) is 9.55 Å². The van der Waals surface area contributed by atoms with Gasteiger partial charge < -0.3 is 9.30 Å². The van der Waals surface area contributed by atoms with Gasteiger partial charge in [0.1, 0.15) is 11.6 Å². The van der Waals surface area contributed by atoms with Crippen LogP contribution >= 0.6 is 23.2 Å². The summed E-state index contributed by atoms with van der Waals surface area (Å²) in [5, 5.41) is 1.11. The number of para-hydroxylation sites is 2. The van der Waals surface area contributed by atoms with E-state index in [1.54, 1.807) is 7.11 Å². The van der Waals surface area contributed by atoms with E-state index in [0.29, 0.717) is 16.6 Å². The Morgan fingerprint density at radius 1 is 0.923 bits per heavy atom. The van der Waals surface area contributed by atoms with Gasteiger partial charge in [-0.3, -0.25) is 0 Å². The third-order valence-corrected chi connectivity index (χ3v) is 5.07. The van der Waals surface area contributed by atoms with Crippen LogP contribution in [0.4, 0.5) is 0 Å². The van der Waals surface area contributed by atoms with Gasteiger partial charge in [0.25, 0.3) is 0 Å². The number of benzene rings is 3. The maximum atomic E-state index is 6.19. The third-order valence-electron chi connectivity index (χ3n) is 4.33. The molecule has 1 aromatic heterocycles. The lowest BCUT2D eigenvalue weighted by atomic mass is 10.2. The van der Waals surface area contributed by atoms with Crippen LogP contribution in [0.3, 0.4) is 0 Å². The zero-order valence-corrected chi connectivity index (χ0v) is 15.6. The van der Waals surface area contributed by atoms with E-state index in [2.05, 4.69) is 10.6 Å². The number of rotatable bonds is 4. The summed E-state index contributed by atoms with van der Waals surface area (Å²) in [5.74, 6) is 1.72. The Morgan fingerprint density at radius 3 is 2.42 bits per heavy atom. The number of hydrogen-bond donors (Lipinski definition) is 0. The minimum Gasteiger partial charge on any atom is -0.497 e. The predicted octanol–water partition coefficient (Wildman–Crippen LogP) is 6.07. The second-order valence-corrected chi connectivity index (χ2v) is 6.80. The van der Waals surface area contributed by atoms with E-state index in [4.69, 9.17) is 32.9 Å². The fourth-order valence-corrected chi connectivity index (χ4v) is 3.34. The van der Waals surface area contributed by atoms with Gasteiger partial charge in [0, 0.05) is 12.1 Å². The lowest BCUT2D eigenvalue weighted by Gasteiger charge is -2.11. The van der Waals surface area contributed by atoms with E-state index >= 15 is 0 Å². The number of imidazole rings is 1. The van der Waals surface area contributed by atoms with Gasteiger partial charge in [0.05, 0.1) is 28.2 Å². The average molecular weight is 383 g/mol.